The van der Waals surface area contributed by atoms with Gasteiger partial charge < -0.3 is 10.2 Å². The molecule has 1 aliphatic carbocycles. The second-order valence-electron chi connectivity index (χ2n) is 9.30. The van der Waals surface area contributed by atoms with Crippen LogP contribution in [0.2, 0.25) is 0 Å². The number of thiophene rings is 1. The predicted molar refractivity (Wildman–Crippen MR) is 119 cm³/mol. The van der Waals surface area contributed by atoms with Gasteiger partial charge >= 0.3 is 0 Å². The van der Waals surface area contributed by atoms with Gasteiger partial charge in [0, 0.05) is 48.5 Å². The molecular formula is C24H26N4OS. The highest BCUT2D eigenvalue weighted by Crippen LogP contribution is 2.55. The van der Waals surface area contributed by atoms with Crippen molar-refractivity contribution in [3.8, 4) is 0 Å². The zero-order chi connectivity index (χ0) is 20.3. The topological polar surface area (TPSA) is 58.1 Å². The number of aromatic nitrogens is 2. The van der Waals surface area contributed by atoms with E-state index in [4.69, 9.17) is 4.98 Å². The molecule has 30 heavy (non-hydrogen) atoms. The second-order valence-corrected chi connectivity index (χ2v) is 10.2. The largest absolute Gasteiger partial charge is 0.338 e. The van der Waals surface area contributed by atoms with Crippen LogP contribution in [0.1, 0.15) is 58.5 Å². The maximum atomic E-state index is 13.1. The van der Waals surface area contributed by atoms with E-state index in [0.29, 0.717) is 17.3 Å². The van der Waals surface area contributed by atoms with Crippen LogP contribution in [0.4, 0.5) is 0 Å². The molecule has 1 N–H and O–H groups in total. The van der Waals surface area contributed by atoms with Gasteiger partial charge in [0.25, 0.3) is 5.91 Å². The first kappa shape index (κ1) is 18.5. The summed E-state index contributed by atoms with van der Waals surface area (Å²) in [7, 11) is 0. The van der Waals surface area contributed by atoms with Crippen LogP contribution in [0, 0.1) is 12.3 Å². The number of benzene rings is 1. The fraction of sp³-hybridized carbons (Fsp3) is 0.458. The number of carbonyl (C=O) groups excluding carboxylic acids is 1. The Kier molecular flexibility index (Phi) is 4.22. The van der Waals surface area contributed by atoms with Gasteiger partial charge in [-0.2, -0.15) is 0 Å². The van der Waals surface area contributed by atoms with E-state index in [2.05, 4.69) is 38.8 Å². The third-order valence-corrected chi connectivity index (χ3v) is 7.95. The summed E-state index contributed by atoms with van der Waals surface area (Å²) in [5, 5.41) is 6.69. The lowest BCUT2D eigenvalue weighted by Gasteiger charge is -2.49. The number of hydrogen-bond donors (Lipinski definition) is 1. The molecule has 4 heterocycles. The van der Waals surface area contributed by atoms with Crippen LogP contribution in [0.3, 0.4) is 0 Å². The Labute approximate surface area is 180 Å². The molecule has 2 aliphatic heterocycles. The Balaban J connectivity index is 1.18. The van der Waals surface area contributed by atoms with Crippen LogP contribution in [0.15, 0.2) is 35.7 Å². The summed E-state index contributed by atoms with van der Waals surface area (Å²) in [5.41, 5.74) is 3.65. The molecular weight excluding hydrogens is 392 g/mol. The van der Waals surface area contributed by atoms with E-state index in [1.807, 2.05) is 19.1 Å². The third-order valence-electron chi connectivity index (χ3n) is 7.14. The molecule has 2 aromatic heterocycles. The number of aryl methyl sites for hydroxylation is 1. The van der Waals surface area contributed by atoms with Crippen LogP contribution in [-0.4, -0.2) is 47.0 Å². The zero-order valence-electron chi connectivity index (χ0n) is 17.2. The molecule has 0 bridgehead atoms. The summed E-state index contributed by atoms with van der Waals surface area (Å²) >= 11 is 1.68. The first-order valence-corrected chi connectivity index (χ1v) is 11.8. The highest BCUT2D eigenvalue weighted by Gasteiger charge is 2.43. The minimum atomic E-state index is 0.186. The summed E-state index contributed by atoms with van der Waals surface area (Å²) in [4.78, 5) is 25.5. The highest BCUT2D eigenvalue weighted by atomic mass is 32.1. The molecule has 2 atom stereocenters. The maximum absolute atomic E-state index is 13.1. The Bertz CT molecular complexity index is 1120. The lowest BCUT2D eigenvalue weighted by Crippen LogP contribution is -2.61. The summed E-state index contributed by atoms with van der Waals surface area (Å²) in [6, 6.07) is 10.5. The second kappa shape index (κ2) is 6.86. The number of rotatable bonds is 3. The normalized spacial score (nSPS) is 24.8. The molecule has 3 fully saturated rings. The predicted octanol–water partition coefficient (Wildman–Crippen LogP) is 4.10. The fourth-order valence-electron chi connectivity index (χ4n) is 5.34. The SMILES string of the molecule is Cc1nc(C2CC2c2ccc(C(=O)N3CCCC4(CNC4)C3)cc2)c2ccsc2n1. The number of piperidine rings is 1. The van der Waals surface area contributed by atoms with E-state index in [1.165, 1.54) is 23.1 Å². The smallest absolute Gasteiger partial charge is 0.253 e. The van der Waals surface area contributed by atoms with Crippen molar-refractivity contribution in [2.75, 3.05) is 26.2 Å². The minimum Gasteiger partial charge on any atom is -0.338 e. The van der Waals surface area contributed by atoms with E-state index in [-0.39, 0.29) is 5.91 Å². The summed E-state index contributed by atoms with van der Waals surface area (Å²) in [5.74, 6) is 1.99. The fourth-order valence-corrected chi connectivity index (χ4v) is 6.16. The molecule has 1 saturated carbocycles. The van der Waals surface area contributed by atoms with Gasteiger partial charge in [0.15, 0.2) is 0 Å². The van der Waals surface area contributed by atoms with E-state index < -0.39 is 0 Å². The van der Waals surface area contributed by atoms with Gasteiger partial charge in [0.05, 0.1) is 5.69 Å². The van der Waals surface area contributed by atoms with Crippen molar-refractivity contribution in [1.29, 1.82) is 0 Å². The van der Waals surface area contributed by atoms with E-state index in [0.717, 1.165) is 55.2 Å². The molecule has 1 aromatic carbocycles. The van der Waals surface area contributed by atoms with Crippen LogP contribution in [0.25, 0.3) is 10.2 Å². The van der Waals surface area contributed by atoms with E-state index in [9.17, 15) is 4.79 Å². The van der Waals surface area contributed by atoms with Gasteiger partial charge in [-0.05, 0) is 61.2 Å². The Morgan fingerprint density at radius 3 is 2.77 bits per heavy atom. The van der Waals surface area contributed by atoms with Crippen molar-refractivity contribution in [2.24, 2.45) is 5.41 Å². The van der Waals surface area contributed by atoms with Crippen molar-refractivity contribution < 1.29 is 4.79 Å². The molecule has 2 unspecified atom stereocenters. The number of carbonyl (C=O) groups is 1. The summed E-state index contributed by atoms with van der Waals surface area (Å²) in [6.07, 6.45) is 3.48. The summed E-state index contributed by atoms with van der Waals surface area (Å²) in [6.45, 7) is 5.87. The van der Waals surface area contributed by atoms with Crippen LogP contribution in [-0.2, 0) is 0 Å². The lowest BCUT2D eigenvalue weighted by molar-refractivity contribution is 0.0321. The summed E-state index contributed by atoms with van der Waals surface area (Å²) < 4.78 is 0. The first-order valence-electron chi connectivity index (χ1n) is 10.9. The van der Waals surface area contributed by atoms with Gasteiger partial charge in [0.1, 0.15) is 10.7 Å². The number of likely N-dealkylation sites (tertiary alicyclic amines) is 1. The quantitative estimate of drug-likeness (QED) is 0.696. The van der Waals surface area contributed by atoms with Crippen LogP contribution < -0.4 is 5.32 Å². The van der Waals surface area contributed by atoms with Gasteiger partial charge in [-0.1, -0.05) is 12.1 Å². The number of hydrogen-bond acceptors (Lipinski definition) is 5. The average molecular weight is 419 g/mol. The number of amides is 1. The van der Waals surface area contributed by atoms with Crippen molar-refractivity contribution >= 4 is 27.5 Å². The number of nitrogens with one attached hydrogen (secondary N) is 1. The van der Waals surface area contributed by atoms with Gasteiger partial charge in [-0.15, -0.1) is 11.3 Å². The van der Waals surface area contributed by atoms with E-state index >= 15 is 0 Å². The molecule has 154 valence electrons. The van der Waals surface area contributed by atoms with Gasteiger partial charge in [0.2, 0.25) is 0 Å². The van der Waals surface area contributed by atoms with Crippen LogP contribution in [0.5, 0.6) is 0 Å². The highest BCUT2D eigenvalue weighted by molar-refractivity contribution is 7.16. The standard InChI is InChI=1S/C24H26N4OS/c1-15-26-21(18-7-10-30-22(18)27-15)20-11-19(20)16-3-5-17(6-4-16)23(29)28-9-2-8-24(14-28)12-25-13-24/h3-7,10,19-20,25H,2,8-9,11-14H2,1H3. The molecule has 6 heteroatoms. The first-order chi connectivity index (χ1) is 14.6. The number of fused-ring (bicyclic) bond motifs is 1. The molecule has 1 spiro atoms. The molecule has 0 radical (unpaired) electrons. The molecule has 2 saturated heterocycles. The van der Waals surface area contributed by atoms with Crippen molar-refractivity contribution in [2.45, 2.75) is 38.0 Å². The third kappa shape index (κ3) is 3.05. The average Bonchev–Trinajstić information content (AvgIpc) is 3.41. The Hall–Kier alpha value is -2.31. The molecule has 5 nitrogen and oxygen atoms in total. The molecule has 1 amide bonds. The Morgan fingerprint density at radius 1 is 1.17 bits per heavy atom. The van der Waals surface area contributed by atoms with Gasteiger partial charge in [-0.3, -0.25) is 4.79 Å². The van der Waals surface area contributed by atoms with Crippen molar-refractivity contribution in [1.82, 2.24) is 20.2 Å². The molecule has 3 aromatic rings. The minimum absolute atomic E-state index is 0.186. The van der Waals surface area contributed by atoms with Crippen molar-refractivity contribution in [3.63, 3.8) is 0 Å². The van der Waals surface area contributed by atoms with Crippen LogP contribution >= 0.6 is 11.3 Å². The Morgan fingerprint density at radius 2 is 2.00 bits per heavy atom. The van der Waals surface area contributed by atoms with E-state index in [1.54, 1.807) is 11.3 Å². The zero-order valence-corrected chi connectivity index (χ0v) is 18.0. The van der Waals surface area contributed by atoms with Crippen molar-refractivity contribution in [3.05, 3.63) is 58.4 Å². The molecule has 6 rings (SSSR count). The molecule has 3 aliphatic rings. The lowest BCUT2D eigenvalue weighted by atomic mass is 9.75. The monoisotopic (exact) mass is 418 g/mol. The van der Waals surface area contributed by atoms with Gasteiger partial charge in [-0.25, -0.2) is 9.97 Å². The maximum Gasteiger partial charge on any atom is 0.253 e. The number of nitrogens with zero attached hydrogens (tertiary/aromatic N) is 3.